The van der Waals surface area contributed by atoms with Crippen LogP contribution in [0.3, 0.4) is 0 Å². The highest BCUT2D eigenvalue weighted by Gasteiger charge is 2.43. The van der Waals surface area contributed by atoms with Gasteiger partial charge in [0.2, 0.25) is 0 Å². The monoisotopic (exact) mass is 274 g/mol. The van der Waals surface area contributed by atoms with Gasteiger partial charge in [-0.05, 0) is 25.0 Å². The third kappa shape index (κ3) is 2.66. The lowest BCUT2D eigenvalue weighted by Gasteiger charge is -2.48. The SMILES string of the molecule is O=C(Oc1ccccc1)N1CCNCC12CCCCC2. The number of nitrogens with zero attached hydrogens (tertiary/aromatic N) is 1. The van der Waals surface area contributed by atoms with Gasteiger partial charge in [-0.2, -0.15) is 0 Å². The highest BCUT2D eigenvalue weighted by atomic mass is 16.6. The molecule has 1 saturated heterocycles. The molecule has 2 fully saturated rings. The van der Waals surface area contributed by atoms with Crippen molar-refractivity contribution in [3.05, 3.63) is 30.3 Å². The van der Waals surface area contributed by atoms with E-state index in [0.29, 0.717) is 5.75 Å². The fraction of sp³-hybridized carbons (Fsp3) is 0.562. The van der Waals surface area contributed by atoms with Gasteiger partial charge in [0.05, 0.1) is 5.54 Å². The van der Waals surface area contributed by atoms with Gasteiger partial charge in [0.1, 0.15) is 5.75 Å². The molecule has 4 heteroatoms. The minimum atomic E-state index is -0.195. The van der Waals surface area contributed by atoms with Gasteiger partial charge in [-0.25, -0.2) is 4.79 Å². The molecule has 0 bridgehead atoms. The quantitative estimate of drug-likeness (QED) is 0.856. The number of carbonyl (C=O) groups is 1. The molecular weight excluding hydrogens is 252 g/mol. The van der Waals surface area contributed by atoms with Crippen molar-refractivity contribution in [1.29, 1.82) is 0 Å². The van der Waals surface area contributed by atoms with Gasteiger partial charge in [-0.3, -0.25) is 4.90 Å². The lowest BCUT2D eigenvalue weighted by molar-refractivity contribution is 0.0365. The average Bonchev–Trinajstić information content (AvgIpc) is 2.49. The van der Waals surface area contributed by atoms with Gasteiger partial charge >= 0.3 is 6.09 Å². The van der Waals surface area contributed by atoms with E-state index in [1.165, 1.54) is 19.3 Å². The van der Waals surface area contributed by atoms with E-state index in [-0.39, 0.29) is 11.6 Å². The van der Waals surface area contributed by atoms with E-state index in [9.17, 15) is 4.79 Å². The number of para-hydroxylation sites is 1. The number of hydrogen-bond donors (Lipinski definition) is 1. The van der Waals surface area contributed by atoms with Gasteiger partial charge in [0.25, 0.3) is 0 Å². The van der Waals surface area contributed by atoms with Crippen LogP contribution in [-0.2, 0) is 0 Å². The first kappa shape index (κ1) is 13.4. The zero-order chi connectivity index (χ0) is 13.8. The Morgan fingerprint density at radius 3 is 2.65 bits per heavy atom. The molecule has 4 nitrogen and oxygen atoms in total. The van der Waals surface area contributed by atoms with E-state index in [4.69, 9.17) is 4.74 Å². The molecule has 0 radical (unpaired) electrons. The van der Waals surface area contributed by atoms with Crippen LogP contribution in [0.5, 0.6) is 5.75 Å². The molecule has 2 aliphatic rings. The van der Waals surface area contributed by atoms with E-state index < -0.39 is 0 Å². The zero-order valence-electron chi connectivity index (χ0n) is 11.8. The maximum Gasteiger partial charge on any atom is 0.415 e. The predicted molar refractivity (Wildman–Crippen MR) is 77.9 cm³/mol. The second-order valence-electron chi connectivity index (χ2n) is 5.79. The molecule has 0 aromatic heterocycles. The Balaban J connectivity index is 1.74. The number of nitrogens with one attached hydrogen (secondary N) is 1. The van der Waals surface area contributed by atoms with E-state index in [2.05, 4.69) is 5.32 Å². The molecule has 20 heavy (non-hydrogen) atoms. The van der Waals surface area contributed by atoms with Crippen LogP contribution in [0.25, 0.3) is 0 Å². The number of hydrogen-bond acceptors (Lipinski definition) is 3. The fourth-order valence-electron chi connectivity index (χ4n) is 3.43. The number of piperazine rings is 1. The zero-order valence-corrected chi connectivity index (χ0v) is 11.8. The molecule has 1 spiro atoms. The summed E-state index contributed by atoms with van der Waals surface area (Å²) in [6.45, 7) is 2.49. The molecule has 0 atom stereocenters. The summed E-state index contributed by atoms with van der Waals surface area (Å²) in [4.78, 5) is 14.5. The summed E-state index contributed by atoms with van der Waals surface area (Å²) in [5.74, 6) is 0.627. The highest BCUT2D eigenvalue weighted by molar-refractivity contribution is 5.72. The molecule has 1 saturated carbocycles. The Morgan fingerprint density at radius 2 is 1.90 bits per heavy atom. The second-order valence-corrected chi connectivity index (χ2v) is 5.79. The van der Waals surface area contributed by atoms with Crippen LogP contribution in [0.2, 0.25) is 0 Å². The first-order chi connectivity index (χ1) is 9.80. The van der Waals surface area contributed by atoms with Crippen LogP contribution >= 0.6 is 0 Å². The Labute approximate surface area is 120 Å². The van der Waals surface area contributed by atoms with E-state index in [1.54, 1.807) is 0 Å². The Hall–Kier alpha value is -1.55. The predicted octanol–water partition coefficient (Wildman–Crippen LogP) is 2.79. The van der Waals surface area contributed by atoms with Crippen molar-refractivity contribution in [2.75, 3.05) is 19.6 Å². The molecule has 1 aliphatic carbocycles. The maximum absolute atomic E-state index is 12.5. The maximum atomic E-state index is 12.5. The summed E-state index contributed by atoms with van der Waals surface area (Å²) in [6.07, 6.45) is 5.67. The van der Waals surface area contributed by atoms with Crippen LogP contribution in [0, 0.1) is 0 Å². The van der Waals surface area contributed by atoms with Crippen molar-refractivity contribution < 1.29 is 9.53 Å². The lowest BCUT2D eigenvalue weighted by Crippen LogP contribution is -2.64. The normalized spacial score (nSPS) is 21.7. The van der Waals surface area contributed by atoms with E-state index in [0.717, 1.165) is 32.5 Å². The van der Waals surface area contributed by atoms with Gasteiger partial charge < -0.3 is 10.1 Å². The van der Waals surface area contributed by atoms with Gasteiger partial charge in [-0.1, -0.05) is 37.5 Å². The molecule has 108 valence electrons. The van der Waals surface area contributed by atoms with Crippen molar-refractivity contribution in [3.8, 4) is 5.75 Å². The Kier molecular flexibility index (Phi) is 3.92. The first-order valence-corrected chi connectivity index (χ1v) is 7.55. The number of ether oxygens (including phenoxy) is 1. The summed E-state index contributed by atoms with van der Waals surface area (Å²) < 4.78 is 5.54. The van der Waals surface area contributed by atoms with Gasteiger partial charge in [0, 0.05) is 19.6 Å². The molecule has 1 aliphatic heterocycles. The molecule has 1 heterocycles. The molecule has 1 amide bonds. The third-order valence-corrected chi connectivity index (χ3v) is 4.49. The smallest absolute Gasteiger partial charge is 0.410 e. The topological polar surface area (TPSA) is 41.6 Å². The number of amides is 1. The minimum Gasteiger partial charge on any atom is -0.410 e. The summed E-state index contributed by atoms with van der Waals surface area (Å²) in [5, 5.41) is 3.44. The highest BCUT2D eigenvalue weighted by Crippen LogP contribution is 2.35. The molecule has 0 unspecified atom stereocenters. The van der Waals surface area contributed by atoms with Crippen LogP contribution in [0.4, 0.5) is 4.79 Å². The van der Waals surface area contributed by atoms with Gasteiger partial charge in [0.15, 0.2) is 0 Å². The second kappa shape index (κ2) is 5.83. The number of carbonyl (C=O) groups excluding carboxylic acids is 1. The number of rotatable bonds is 1. The molecular formula is C16H22N2O2. The minimum absolute atomic E-state index is 0.0254. The largest absolute Gasteiger partial charge is 0.415 e. The first-order valence-electron chi connectivity index (χ1n) is 7.55. The van der Waals surface area contributed by atoms with Gasteiger partial charge in [-0.15, -0.1) is 0 Å². The molecule has 1 N–H and O–H groups in total. The standard InChI is InChI=1S/C16H22N2O2/c19-15(20-14-7-3-1-4-8-14)18-12-11-17-13-16(18)9-5-2-6-10-16/h1,3-4,7-8,17H,2,5-6,9-13H2. The van der Waals surface area contributed by atoms with Crippen LogP contribution in [0.1, 0.15) is 32.1 Å². The van der Waals surface area contributed by atoms with Crippen molar-refractivity contribution >= 4 is 6.09 Å². The molecule has 1 aromatic rings. The fourth-order valence-corrected chi connectivity index (χ4v) is 3.43. The van der Waals surface area contributed by atoms with Crippen molar-refractivity contribution in [2.45, 2.75) is 37.6 Å². The van der Waals surface area contributed by atoms with E-state index >= 15 is 0 Å². The summed E-state index contributed by atoms with van der Waals surface area (Å²) in [6, 6.07) is 9.35. The Morgan fingerprint density at radius 1 is 1.15 bits per heavy atom. The van der Waals surface area contributed by atoms with Crippen LogP contribution in [-0.4, -0.2) is 36.2 Å². The Bertz CT molecular complexity index is 447. The van der Waals surface area contributed by atoms with Crippen LogP contribution < -0.4 is 10.1 Å². The third-order valence-electron chi connectivity index (χ3n) is 4.49. The van der Waals surface area contributed by atoms with E-state index in [1.807, 2.05) is 35.2 Å². The van der Waals surface area contributed by atoms with Crippen molar-refractivity contribution in [1.82, 2.24) is 10.2 Å². The average molecular weight is 274 g/mol. The van der Waals surface area contributed by atoms with Crippen molar-refractivity contribution in [2.24, 2.45) is 0 Å². The summed E-state index contributed by atoms with van der Waals surface area (Å²) >= 11 is 0. The lowest BCUT2D eigenvalue weighted by atomic mass is 9.79. The van der Waals surface area contributed by atoms with Crippen molar-refractivity contribution in [3.63, 3.8) is 0 Å². The summed E-state index contributed by atoms with van der Waals surface area (Å²) in [5.41, 5.74) is -0.0254. The molecule has 1 aromatic carbocycles. The molecule has 3 rings (SSSR count). The van der Waals surface area contributed by atoms with Crippen LogP contribution in [0.15, 0.2) is 30.3 Å². The number of benzene rings is 1. The summed E-state index contributed by atoms with van der Waals surface area (Å²) in [7, 11) is 0.